The number of benzene rings is 1. The maximum Gasteiger partial charge on any atom is 0.123 e. The predicted molar refractivity (Wildman–Crippen MR) is 75.1 cm³/mol. The van der Waals surface area contributed by atoms with Gasteiger partial charge in [0.15, 0.2) is 0 Å². The standard InChI is InChI=1S/C14H17ClN2O2/c1-18-14-7-4-10(15)9-12(14)13(17-16)6-5-11-3-2-8-19-11/h2-4,7-9,13,17H,5-6,16H2,1H3. The van der Waals surface area contributed by atoms with Crippen LogP contribution in [0.25, 0.3) is 0 Å². The topological polar surface area (TPSA) is 60.4 Å². The summed E-state index contributed by atoms with van der Waals surface area (Å²) in [6.45, 7) is 0. The third kappa shape index (κ3) is 3.50. The molecule has 1 aromatic carbocycles. The zero-order valence-electron chi connectivity index (χ0n) is 10.7. The van der Waals surface area contributed by atoms with Crippen molar-refractivity contribution >= 4 is 11.6 Å². The van der Waals surface area contributed by atoms with Crippen LogP contribution in [0.4, 0.5) is 0 Å². The van der Waals surface area contributed by atoms with E-state index in [-0.39, 0.29) is 6.04 Å². The van der Waals surface area contributed by atoms with E-state index in [9.17, 15) is 0 Å². The van der Waals surface area contributed by atoms with E-state index in [2.05, 4.69) is 5.43 Å². The molecule has 0 fully saturated rings. The molecule has 2 aromatic rings. The average molecular weight is 281 g/mol. The van der Waals surface area contributed by atoms with Gasteiger partial charge >= 0.3 is 0 Å². The number of hydrogen-bond acceptors (Lipinski definition) is 4. The molecule has 4 nitrogen and oxygen atoms in total. The zero-order chi connectivity index (χ0) is 13.7. The molecule has 1 unspecified atom stereocenters. The Balaban J connectivity index is 2.14. The lowest BCUT2D eigenvalue weighted by Gasteiger charge is -2.19. The van der Waals surface area contributed by atoms with Crippen LogP contribution >= 0.6 is 11.6 Å². The Kier molecular flexibility index (Phi) is 4.85. The van der Waals surface area contributed by atoms with Gasteiger partial charge in [-0.3, -0.25) is 11.3 Å². The SMILES string of the molecule is COc1ccc(Cl)cc1C(CCc1ccco1)NN. The van der Waals surface area contributed by atoms with Gasteiger partial charge in [-0.25, -0.2) is 0 Å². The molecule has 0 spiro atoms. The van der Waals surface area contributed by atoms with Crippen LogP contribution < -0.4 is 16.0 Å². The molecule has 2 rings (SSSR count). The van der Waals surface area contributed by atoms with E-state index in [1.54, 1.807) is 19.4 Å². The monoisotopic (exact) mass is 280 g/mol. The second-order valence-corrected chi connectivity index (χ2v) is 4.66. The summed E-state index contributed by atoms with van der Waals surface area (Å²) >= 11 is 6.03. The van der Waals surface area contributed by atoms with Crippen molar-refractivity contribution < 1.29 is 9.15 Å². The predicted octanol–water partition coefficient (Wildman–Crippen LogP) is 3.08. The minimum atomic E-state index is -0.0428. The number of aryl methyl sites for hydroxylation is 1. The smallest absolute Gasteiger partial charge is 0.123 e. The van der Waals surface area contributed by atoms with Gasteiger partial charge in [0.25, 0.3) is 0 Å². The van der Waals surface area contributed by atoms with E-state index < -0.39 is 0 Å². The average Bonchev–Trinajstić information content (AvgIpc) is 2.93. The first-order chi connectivity index (χ1) is 9.24. The van der Waals surface area contributed by atoms with Crippen molar-refractivity contribution in [2.45, 2.75) is 18.9 Å². The summed E-state index contributed by atoms with van der Waals surface area (Å²) < 4.78 is 10.7. The molecule has 0 aliphatic heterocycles. The van der Waals surface area contributed by atoms with Gasteiger partial charge in [0, 0.05) is 17.0 Å². The van der Waals surface area contributed by atoms with Crippen molar-refractivity contribution in [2.24, 2.45) is 5.84 Å². The summed E-state index contributed by atoms with van der Waals surface area (Å²) in [7, 11) is 1.63. The Morgan fingerprint density at radius 1 is 1.42 bits per heavy atom. The summed E-state index contributed by atoms with van der Waals surface area (Å²) in [5.74, 6) is 7.34. The highest BCUT2D eigenvalue weighted by atomic mass is 35.5. The Bertz CT molecular complexity index is 514. The molecule has 1 atom stereocenters. The van der Waals surface area contributed by atoms with E-state index >= 15 is 0 Å². The van der Waals surface area contributed by atoms with Gasteiger partial charge < -0.3 is 9.15 Å². The lowest BCUT2D eigenvalue weighted by molar-refractivity contribution is 0.392. The second-order valence-electron chi connectivity index (χ2n) is 4.22. The molecular formula is C14H17ClN2O2. The maximum atomic E-state index is 6.03. The fraction of sp³-hybridized carbons (Fsp3) is 0.286. The van der Waals surface area contributed by atoms with Crippen molar-refractivity contribution in [1.29, 1.82) is 0 Å². The third-order valence-corrected chi connectivity index (χ3v) is 3.26. The fourth-order valence-electron chi connectivity index (χ4n) is 2.05. The van der Waals surface area contributed by atoms with Crippen LogP contribution in [0.2, 0.25) is 5.02 Å². The number of halogens is 1. The largest absolute Gasteiger partial charge is 0.496 e. The van der Waals surface area contributed by atoms with Crippen LogP contribution in [-0.2, 0) is 6.42 Å². The van der Waals surface area contributed by atoms with E-state index in [4.69, 9.17) is 26.6 Å². The van der Waals surface area contributed by atoms with Crippen molar-refractivity contribution in [3.63, 3.8) is 0 Å². The number of furan rings is 1. The van der Waals surface area contributed by atoms with Crippen molar-refractivity contribution in [1.82, 2.24) is 5.43 Å². The zero-order valence-corrected chi connectivity index (χ0v) is 11.5. The molecular weight excluding hydrogens is 264 g/mol. The molecule has 0 radical (unpaired) electrons. The van der Waals surface area contributed by atoms with Crippen molar-refractivity contribution in [3.8, 4) is 5.75 Å². The molecule has 19 heavy (non-hydrogen) atoms. The molecule has 0 aliphatic carbocycles. The molecule has 0 aliphatic rings. The Morgan fingerprint density at radius 2 is 2.26 bits per heavy atom. The van der Waals surface area contributed by atoms with Gasteiger partial charge in [0.2, 0.25) is 0 Å². The third-order valence-electron chi connectivity index (χ3n) is 3.03. The van der Waals surface area contributed by atoms with Crippen LogP contribution in [0, 0.1) is 0 Å². The summed E-state index contributed by atoms with van der Waals surface area (Å²) in [5, 5.41) is 0.661. The van der Waals surface area contributed by atoms with Crippen LogP contribution in [0.1, 0.15) is 23.8 Å². The van der Waals surface area contributed by atoms with Crippen LogP contribution in [0.15, 0.2) is 41.0 Å². The number of hydrazine groups is 1. The van der Waals surface area contributed by atoms with Gasteiger partial charge in [-0.1, -0.05) is 11.6 Å². The Morgan fingerprint density at radius 3 is 2.89 bits per heavy atom. The van der Waals surface area contributed by atoms with Crippen LogP contribution in [-0.4, -0.2) is 7.11 Å². The lowest BCUT2D eigenvalue weighted by atomic mass is 10.0. The molecule has 0 bridgehead atoms. The lowest BCUT2D eigenvalue weighted by Crippen LogP contribution is -2.28. The molecule has 1 heterocycles. The number of methoxy groups -OCH3 is 1. The first kappa shape index (κ1) is 13.9. The van der Waals surface area contributed by atoms with Crippen molar-refractivity contribution in [2.75, 3.05) is 7.11 Å². The highest BCUT2D eigenvalue weighted by Gasteiger charge is 2.16. The van der Waals surface area contributed by atoms with Crippen LogP contribution in [0.3, 0.4) is 0 Å². The van der Waals surface area contributed by atoms with Gasteiger partial charge in [-0.2, -0.15) is 0 Å². The molecule has 0 amide bonds. The quantitative estimate of drug-likeness (QED) is 0.631. The van der Waals surface area contributed by atoms with Gasteiger partial charge in [0.05, 0.1) is 19.4 Å². The minimum Gasteiger partial charge on any atom is -0.496 e. The molecule has 0 saturated carbocycles. The van der Waals surface area contributed by atoms with Crippen LogP contribution in [0.5, 0.6) is 5.75 Å². The fourth-order valence-corrected chi connectivity index (χ4v) is 2.23. The number of nitrogens with one attached hydrogen (secondary N) is 1. The Labute approximate surface area is 117 Å². The number of rotatable bonds is 6. The van der Waals surface area contributed by atoms with E-state index in [1.165, 1.54) is 0 Å². The van der Waals surface area contributed by atoms with Crippen molar-refractivity contribution in [3.05, 3.63) is 52.9 Å². The molecule has 1 aromatic heterocycles. The molecule has 0 saturated heterocycles. The summed E-state index contributed by atoms with van der Waals surface area (Å²) in [6, 6.07) is 9.29. The van der Waals surface area contributed by atoms with Gasteiger partial charge in [-0.15, -0.1) is 0 Å². The van der Waals surface area contributed by atoms with Gasteiger partial charge in [0.1, 0.15) is 11.5 Å². The number of hydrogen-bond donors (Lipinski definition) is 2. The number of nitrogens with two attached hydrogens (primary N) is 1. The highest BCUT2D eigenvalue weighted by Crippen LogP contribution is 2.30. The normalized spacial score (nSPS) is 12.4. The first-order valence-corrected chi connectivity index (χ1v) is 6.44. The first-order valence-electron chi connectivity index (χ1n) is 6.06. The summed E-state index contributed by atoms with van der Waals surface area (Å²) in [4.78, 5) is 0. The summed E-state index contributed by atoms with van der Waals surface area (Å²) in [6.07, 6.45) is 3.25. The number of ether oxygens (including phenoxy) is 1. The second kappa shape index (κ2) is 6.61. The van der Waals surface area contributed by atoms with E-state index in [1.807, 2.05) is 24.3 Å². The molecule has 5 heteroatoms. The highest BCUT2D eigenvalue weighted by molar-refractivity contribution is 6.30. The molecule has 3 N–H and O–H groups in total. The maximum absolute atomic E-state index is 6.03. The van der Waals surface area contributed by atoms with E-state index in [0.717, 1.165) is 29.9 Å². The Hall–Kier alpha value is -1.49. The van der Waals surface area contributed by atoms with E-state index in [0.29, 0.717) is 5.02 Å². The molecule has 102 valence electrons. The minimum absolute atomic E-state index is 0.0428. The summed E-state index contributed by atoms with van der Waals surface area (Å²) in [5.41, 5.74) is 3.75. The van der Waals surface area contributed by atoms with Gasteiger partial charge in [-0.05, 0) is 36.8 Å².